The fourth-order valence-corrected chi connectivity index (χ4v) is 2.36. The van der Waals surface area contributed by atoms with Gasteiger partial charge in [0.15, 0.2) is 0 Å². The Kier molecular flexibility index (Phi) is 7.13. The molecule has 2 N–H and O–H groups in total. The molecular weight excluding hydrogens is 301 g/mol. The van der Waals surface area contributed by atoms with Gasteiger partial charge in [-0.3, -0.25) is 4.79 Å². The molecule has 1 atom stereocenters. The number of methoxy groups -OCH3 is 1. The molecule has 0 aromatic heterocycles. The molecule has 0 aliphatic rings. The standard InChI is InChI=1S/C14H19Cl2NO3/c1-9(17)6-10-7-11(15)8-12(16)14(10)20-5-3-4-13(18)19-2/h7-9H,3-6,17H2,1-2H3. The lowest BCUT2D eigenvalue weighted by Crippen LogP contribution is -2.18. The van der Waals surface area contributed by atoms with Crippen LogP contribution in [0, 0.1) is 0 Å². The van der Waals surface area contributed by atoms with E-state index in [1.807, 2.05) is 6.92 Å². The topological polar surface area (TPSA) is 61.5 Å². The number of nitrogens with two attached hydrogens (primary N) is 1. The zero-order valence-electron chi connectivity index (χ0n) is 11.6. The molecule has 20 heavy (non-hydrogen) atoms. The molecule has 0 saturated carbocycles. The number of benzene rings is 1. The van der Waals surface area contributed by atoms with Gasteiger partial charge in [0, 0.05) is 17.5 Å². The minimum atomic E-state index is -0.258. The van der Waals surface area contributed by atoms with E-state index in [1.165, 1.54) is 7.11 Å². The summed E-state index contributed by atoms with van der Waals surface area (Å²) in [6, 6.07) is 3.40. The van der Waals surface area contributed by atoms with Crippen molar-refractivity contribution >= 4 is 29.2 Å². The summed E-state index contributed by atoms with van der Waals surface area (Å²) >= 11 is 12.1. The van der Waals surface area contributed by atoms with E-state index in [4.69, 9.17) is 33.7 Å². The fraction of sp³-hybridized carbons (Fsp3) is 0.500. The van der Waals surface area contributed by atoms with Gasteiger partial charge in [0.25, 0.3) is 0 Å². The summed E-state index contributed by atoms with van der Waals surface area (Å²) in [4.78, 5) is 11.0. The lowest BCUT2D eigenvalue weighted by molar-refractivity contribution is -0.140. The minimum Gasteiger partial charge on any atom is -0.492 e. The third kappa shape index (κ3) is 5.57. The molecule has 1 aromatic rings. The van der Waals surface area contributed by atoms with Gasteiger partial charge < -0.3 is 15.2 Å². The minimum absolute atomic E-state index is 0.0260. The molecule has 0 spiro atoms. The van der Waals surface area contributed by atoms with E-state index >= 15 is 0 Å². The van der Waals surface area contributed by atoms with Crippen molar-refractivity contribution in [2.75, 3.05) is 13.7 Å². The van der Waals surface area contributed by atoms with Crippen molar-refractivity contribution in [1.82, 2.24) is 0 Å². The number of halogens is 2. The first-order valence-electron chi connectivity index (χ1n) is 6.37. The average Bonchev–Trinajstić information content (AvgIpc) is 2.35. The number of carbonyl (C=O) groups excluding carboxylic acids is 1. The second-order valence-corrected chi connectivity index (χ2v) is 5.43. The summed E-state index contributed by atoms with van der Waals surface area (Å²) < 4.78 is 10.2. The third-order valence-corrected chi connectivity index (χ3v) is 3.13. The lowest BCUT2D eigenvalue weighted by atomic mass is 10.1. The van der Waals surface area contributed by atoms with Gasteiger partial charge in [0.05, 0.1) is 18.7 Å². The van der Waals surface area contributed by atoms with E-state index < -0.39 is 0 Å². The number of ether oxygens (including phenoxy) is 2. The summed E-state index contributed by atoms with van der Waals surface area (Å²) in [6.45, 7) is 2.28. The molecule has 1 aromatic carbocycles. The van der Waals surface area contributed by atoms with Crippen LogP contribution in [0.25, 0.3) is 0 Å². The molecule has 0 heterocycles. The fourth-order valence-electron chi connectivity index (χ4n) is 1.77. The maximum atomic E-state index is 11.0. The zero-order valence-corrected chi connectivity index (χ0v) is 13.1. The van der Waals surface area contributed by atoms with E-state index in [1.54, 1.807) is 12.1 Å². The summed E-state index contributed by atoms with van der Waals surface area (Å²) in [7, 11) is 1.36. The highest BCUT2D eigenvalue weighted by Crippen LogP contribution is 2.33. The molecule has 0 aliphatic heterocycles. The Morgan fingerprint density at radius 2 is 2.10 bits per heavy atom. The van der Waals surface area contributed by atoms with Crippen LogP contribution in [0.4, 0.5) is 0 Å². The molecule has 0 bridgehead atoms. The van der Waals surface area contributed by atoms with Crippen LogP contribution in [0.1, 0.15) is 25.3 Å². The van der Waals surface area contributed by atoms with Crippen LogP contribution in [0.15, 0.2) is 12.1 Å². The van der Waals surface area contributed by atoms with Crippen molar-refractivity contribution in [2.45, 2.75) is 32.2 Å². The van der Waals surface area contributed by atoms with Crippen LogP contribution in [0.5, 0.6) is 5.75 Å². The highest BCUT2D eigenvalue weighted by Gasteiger charge is 2.12. The van der Waals surface area contributed by atoms with E-state index in [0.717, 1.165) is 5.56 Å². The van der Waals surface area contributed by atoms with Crippen molar-refractivity contribution < 1.29 is 14.3 Å². The first-order valence-corrected chi connectivity index (χ1v) is 7.12. The van der Waals surface area contributed by atoms with Crippen LogP contribution in [-0.4, -0.2) is 25.7 Å². The van der Waals surface area contributed by atoms with Gasteiger partial charge in [-0.25, -0.2) is 0 Å². The molecule has 0 fully saturated rings. The highest BCUT2D eigenvalue weighted by atomic mass is 35.5. The second-order valence-electron chi connectivity index (χ2n) is 4.59. The SMILES string of the molecule is COC(=O)CCCOc1c(Cl)cc(Cl)cc1CC(C)N. The van der Waals surface area contributed by atoms with E-state index in [0.29, 0.717) is 41.7 Å². The number of hydrogen-bond donors (Lipinski definition) is 1. The molecule has 112 valence electrons. The Morgan fingerprint density at radius 3 is 2.70 bits per heavy atom. The van der Waals surface area contributed by atoms with Crippen LogP contribution < -0.4 is 10.5 Å². The first-order chi connectivity index (χ1) is 9.43. The Labute approximate surface area is 129 Å². The highest BCUT2D eigenvalue weighted by molar-refractivity contribution is 6.35. The van der Waals surface area contributed by atoms with Crippen LogP contribution in [0.2, 0.25) is 10.0 Å². The monoisotopic (exact) mass is 319 g/mol. The molecule has 0 amide bonds. The van der Waals surface area contributed by atoms with Crippen molar-refractivity contribution in [3.05, 3.63) is 27.7 Å². The van der Waals surface area contributed by atoms with Gasteiger partial charge in [-0.1, -0.05) is 23.2 Å². The predicted octanol–water partition coefficient (Wildman–Crippen LogP) is 3.22. The lowest BCUT2D eigenvalue weighted by Gasteiger charge is -2.15. The van der Waals surface area contributed by atoms with Crippen molar-refractivity contribution in [3.63, 3.8) is 0 Å². The molecule has 1 unspecified atom stereocenters. The summed E-state index contributed by atoms with van der Waals surface area (Å²) in [5.74, 6) is 0.324. The molecule has 1 rings (SSSR count). The normalized spacial score (nSPS) is 12.1. The Bertz CT molecular complexity index is 464. The summed E-state index contributed by atoms with van der Waals surface area (Å²) in [6.07, 6.45) is 1.49. The Morgan fingerprint density at radius 1 is 1.40 bits per heavy atom. The summed E-state index contributed by atoms with van der Waals surface area (Å²) in [5.41, 5.74) is 6.67. The smallest absolute Gasteiger partial charge is 0.305 e. The van der Waals surface area contributed by atoms with Gasteiger partial charge in [0.1, 0.15) is 5.75 Å². The maximum absolute atomic E-state index is 11.0. The summed E-state index contributed by atoms with van der Waals surface area (Å²) in [5, 5.41) is 0.999. The largest absolute Gasteiger partial charge is 0.492 e. The van der Waals surface area contributed by atoms with Gasteiger partial charge >= 0.3 is 5.97 Å². The van der Waals surface area contributed by atoms with Crippen molar-refractivity contribution in [2.24, 2.45) is 5.73 Å². The van der Waals surface area contributed by atoms with E-state index in [2.05, 4.69) is 4.74 Å². The molecule has 4 nitrogen and oxygen atoms in total. The molecule has 0 aliphatic carbocycles. The van der Waals surface area contributed by atoms with Crippen molar-refractivity contribution in [3.8, 4) is 5.75 Å². The molecular formula is C14H19Cl2NO3. The quantitative estimate of drug-likeness (QED) is 0.619. The molecule has 0 radical (unpaired) electrons. The molecule has 6 heteroatoms. The van der Waals surface area contributed by atoms with E-state index in [9.17, 15) is 4.79 Å². The zero-order chi connectivity index (χ0) is 15.1. The number of carbonyl (C=O) groups is 1. The van der Waals surface area contributed by atoms with Crippen LogP contribution in [0.3, 0.4) is 0 Å². The number of hydrogen-bond acceptors (Lipinski definition) is 4. The van der Waals surface area contributed by atoms with E-state index in [-0.39, 0.29) is 12.0 Å². The first kappa shape index (κ1) is 17.1. The Balaban J connectivity index is 2.70. The van der Waals surface area contributed by atoms with Gasteiger partial charge in [-0.2, -0.15) is 0 Å². The predicted molar refractivity (Wildman–Crippen MR) is 80.6 cm³/mol. The maximum Gasteiger partial charge on any atom is 0.305 e. The molecule has 0 saturated heterocycles. The van der Waals surface area contributed by atoms with Gasteiger partial charge in [-0.05, 0) is 37.5 Å². The third-order valence-electron chi connectivity index (χ3n) is 2.63. The van der Waals surface area contributed by atoms with Crippen molar-refractivity contribution in [1.29, 1.82) is 0 Å². The van der Waals surface area contributed by atoms with Gasteiger partial charge in [0.2, 0.25) is 0 Å². The number of rotatable bonds is 7. The number of esters is 1. The second kappa shape index (κ2) is 8.35. The van der Waals surface area contributed by atoms with Crippen LogP contribution >= 0.6 is 23.2 Å². The average molecular weight is 320 g/mol. The van der Waals surface area contributed by atoms with Crippen LogP contribution in [-0.2, 0) is 16.0 Å². The Hall–Kier alpha value is -0.970. The van der Waals surface area contributed by atoms with Gasteiger partial charge in [-0.15, -0.1) is 0 Å².